The molecule has 0 spiro atoms. The number of carbonyl (C=O) groups excluding carboxylic acids is 1. The maximum atomic E-state index is 11.5. The highest BCUT2D eigenvalue weighted by molar-refractivity contribution is 5.88. The average molecular weight is 257 g/mol. The molecule has 0 fully saturated rings. The summed E-state index contributed by atoms with van der Waals surface area (Å²) in [6.45, 7) is 3.70. The molecule has 19 heavy (non-hydrogen) atoms. The molecule has 2 heterocycles. The van der Waals surface area contributed by atoms with Crippen molar-refractivity contribution in [1.29, 1.82) is 0 Å². The van der Waals surface area contributed by atoms with Gasteiger partial charge in [0.25, 0.3) is 0 Å². The predicted octanol–water partition coefficient (Wildman–Crippen LogP) is 1.98. The van der Waals surface area contributed by atoms with Gasteiger partial charge in [-0.1, -0.05) is 13.0 Å². The highest BCUT2D eigenvalue weighted by atomic mass is 16.1. The van der Waals surface area contributed by atoms with Gasteiger partial charge in [-0.15, -0.1) is 0 Å². The Morgan fingerprint density at radius 1 is 1.26 bits per heavy atom. The standard InChI is InChI=1S/C13H15N5O/c1-3-6-11(19)17-13-16-9(2)15-12(18-13)10-7-4-5-8-14-10/h4-5,7-8H,3,6H2,1-2H3,(H,15,16,17,18,19). The molecule has 0 aliphatic heterocycles. The number of nitrogens with one attached hydrogen (secondary N) is 1. The zero-order valence-corrected chi connectivity index (χ0v) is 10.9. The Morgan fingerprint density at radius 2 is 2.11 bits per heavy atom. The first-order valence-electron chi connectivity index (χ1n) is 6.13. The molecule has 6 nitrogen and oxygen atoms in total. The van der Waals surface area contributed by atoms with E-state index in [-0.39, 0.29) is 11.9 Å². The smallest absolute Gasteiger partial charge is 0.233 e. The summed E-state index contributed by atoms with van der Waals surface area (Å²) in [7, 11) is 0. The van der Waals surface area contributed by atoms with Gasteiger partial charge in [0.1, 0.15) is 11.5 Å². The van der Waals surface area contributed by atoms with E-state index in [1.807, 2.05) is 25.1 Å². The third kappa shape index (κ3) is 3.54. The van der Waals surface area contributed by atoms with Crippen LogP contribution in [0.15, 0.2) is 24.4 Å². The van der Waals surface area contributed by atoms with Gasteiger partial charge < -0.3 is 0 Å². The minimum absolute atomic E-state index is 0.0972. The van der Waals surface area contributed by atoms with Crippen LogP contribution in [0.4, 0.5) is 5.95 Å². The van der Waals surface area contributed by atoms with Gasteiger partial charge in [-0.05, 0) is 25.5 Å². The van der Waals surface area contributed by atoms with Crippen molar-refractivity contribution in [3.05, 3.63) is 30.2 Å². The molecule has 0 unspecified atom stereocenters. The third-order valence-electron chi connectivity index (χ3n) is 2.37. The second-order valence-electron chi connectivity index (χ2n) is 4.04. The number of nitrogens with zero attached hydrogens (tertiary/aromatic N) is 4. The Balaban J connectivity index is 2.27. The van der Waals surface area contributed by atoms with Crippen LogP contribution in [0, 0.1) is 6.92 Å². The molecule has 2 rings (SSSR count). The molecule has 6 heteroatoms. The van der Waals surface area contributed by atoms with Crippen LogP contribution in [-0.2, 0) is 4.79 Å². The van der Waals surface area contributed by atoms with E-state index in [0.717, 1.165) is 6.42 Å². The van der Waals surface area contributed by atoms with Gasteiger partial charge in [0.15, 0.2) is 5.82 Å². The summed E-state index contributed by atoms with van der Waals surface area (Å²) < 4.78 is 0. The van der Waals surface area contributed by atoms with E-state index in [1.165, 1.54) is 0 Å². The molecule has 0 aliphatic carbocycles. The minimum Gasteiger partial charge on any atom is -0.294 e. The molecule has 1 amide bonds. The lowest BCUT2D eigenvalue weighted by Crippen LogP contribution is -2.14. The summed E-state index contributed by atoms with van der Waals surface area (Å²) in [6.07, 6.45) is 2.90. The van der Waals surface area contributed by atoms with Crippen molar-refractivity contribution in [2.45, 2.75) is 26.7 Å². The van der Waals surface area contributed by atoms with Gasteiger partial charge >= 0.3 is 0 Å². The van der Waals surface area contributed by atoms with Crippen molar-refractivity contribution in [2.24, 2.45) is 0 Å². The second kappa shape index (κ2) is 5.99. The Labute approximate surface area is 111 Å². The van der Waals surface area contributed by atoms with E-state index in [0.29, 0.717) is 23.8 Å². The van der Waals surface area contributed by atoms with Crippen LogP contribution in [0.3, 0.4) is 0 Å². The molecular formula is C13H15N5O. The summed E-state index contributed by atoms with van der Waals surface area (Å²) >= 11 is 0. The van der Waals surface area contributed by atoms with Crippen LogP contribution in [0.1, 0.15) is 25.6 Å². The first-order chi connectivity index (χ1) is 9.19. The topological polar surface area (TPSA) is 80.7 Å². The van der Waals surface area contributed by atoms with Gasteiger partial charge in [0.05, 0.1) is 0 Å². The number of amides is 1. The summed E-state index contributed by atoms with van der Waals surface area (Å²) in [5, 5.41) is 2.66. The molecule has 0 radical (unpaired) electrons. The van der Waals surface area contributed by atoms with Gasteiger partial charge in [-0.25, -0.2) is 4.98 Å². The molecule has 0 atom stereocenters. The van der Waals surface area contributed by atoms with Crippen LogP contribution in [-0.4, -0.2) is 25.8 Å². The summed E-state index contributed by atoms with van der Waals surface area (Å²) in [6, 6.07) is 5.49. The van der Waals surface area contributed by atoms with Crippen molar-refractivity contribution in [3.8, 4) is 11.5 Å². The highest BCUT2D eigenvalue weighted by Gasteiger charge is 2.09. The first-order valence-corrected chi connectivity index (χ1v) is 6.13. The number of hydrogen-bond acceptors (Lipinski definition) is 5. The van der Waals surface area contributed by atoms with E-state index in [1.54, 1.807) is 13.1 Å². The van der Waals surface area contributed by atoms with Gasteiger partial charge in [-0.2, -0.15) is 9.97 Å². The van der Waals surface area contributed by atoms with E-state index >= 15 is 0 Å². The lowest BCUT2D eigenvalue weighted by atomic mass is 10.3. The van der Waals surface area contributed by atoms with Crippen molar-refractivity contribution in [3.63, 3.8) is 0 Å². The first kappa shape index (κ1) is 13.1. The lowest BCUT2D eigenvalue weighted by molar-refractivity contribution is -0.116. The molecule has 0 saturated heterocycles. The van der Waals surface area contributed by atoms with Crippen molar-refractivity contribution in [1.82, 2.24) is 19.9 Å². The monoisotopic (exact) mass is 257 g/mol. The fourth-order valence-electron chi connectivity index (χ4n) is 1.56. The summed E-state index contributed by atoms with van der Waals surface area (Å²) in [4.78, 5) is 28.3. The Bertz CT molecular complexity index is 571. The molecule has 1 N–H and O–H groups in total. The largest absolute Gasteiger partial charge is 0.294 e. The van der Waals surface area contributed by atoms with Crippen molar-refractivity contribution >= 4 is 11.9 Å². The summed E-state index contributed by atoms with van der Waals surface area (Å²) in [5.41, 5.74) is 0.652. The zero-order chi connectivity index (χ0) is 13.7. The highest BCUT2D eigenvalue weighted by Crippen LogP contribution is 2.12. The Hall–Kier alpha value is -2.37. The number of carbonyl (C=O) groups is 1. The predicted molar refractivity (Wildman–Crippen MR) is 71.3 cm³/mol. The quantitative estimate of drug-likeness (QED) is 0.905. The number of pyridine rings is 1. The molecule has 2 aromatic heterocycles. The van der Waals surface area contributed by atoms with Crippen molar-refractivity contribution < 1.29 is 4.79 Å². The summed E-state index contributed by atoms with van der Waals surface area (Å²) in [5.74, 6) is 1.18. The van der Waals surface area contributed by atoms with Crippen LogP contribution in [0.25, 0.3) is 11.5 Å². The maximum absolute atomic E-state index is 11.5. The molecule has 0 aliphatic rings. The normalized spacial score (nSPS) is 10.2. The Morgan fingerprint density at radius 3 is 2.79 bits per heavy atom. The molecule has 2 aromatic rings. The van der Waals surface area contributed by atoms with Crippen LogP contribution >= 0.6 is 0 Å². The fourth-order valence-corrected chi connectivity index (χ4v) is 1.56. The van der Waals surface area contributed by atoms with Crippen molar-refractivity contribution in [2.75, 3.05) is 5.32 Å². The van der Waals surface area contributed by atoms with E-state index in [9.17, 15) is 4.79 Å². The number of anilines is 1. The lowest BCUT2D eigenvalue weighted by Gasteiger charge is -2.05. The zero-order valence-electron chi connectivity index (χ0n) is 10.9. The molecule has 0 bridgehead atoms. The van der Waals surface area contributed by atoms with Crippen LogP contribution in [0.2, 0.25) is 0 Å². The fraction of sp³-hybridized carbons (Fsp3) is 0.308. The molecular weight excluding hydrogens is 242 g/mol. The minimum atomic E-state index is -0.0972. The van der Waals surface area contributed by atoms with Gasteiger partial charge in [-0.3, -0.25) is 15.1 Å². The number of rotatable bonds is 4. The number of aromatic nitrogens is 4. The van der Waals surface area contributed by atoms with Crippen LogP contribution in [0.5, 0.6) is 0 Å². The maximum Gasteiger partial charge on any atom is 0.233 e. The Kier molecular flexibility index (Phi) is 4.12. The third-order valence-corrected chi connectivity index (χ3v) is 2.37. The van der Waals surface area contributed by atoms with Gasteiger partial charge in [0, 0.05) is 12.6 Å². The molecule has 0 saturated carbocycles. The van der Waals surface area contributed by atoms with Gasteiger partial charge in [0.2, 0.25) is 11.9 Å². The second-order valence-corrected chi connectivity index (χ2v) is 4.04. The average Bonchev–Trinajstić information content (AvgIpc) is 2.39. The van der Waals surface area contributed by atoms with E-state index in [2.05, 4.69) is 25.3 Å². The van der Waals surface area contributed by atoms with Crippen LogP contribution < -0.4 is 5.32 Å². The van der Waals surface area contributed by atoms with E-state index < -0.39 is 0 Å². The molecule has 98 valence electrons. The molecule has 0 aromatic carbocycles. The SMILES string of the molecule is CCCC(=O)Nc1nc(C)nc(-c2ccccn2)n1. The number of hydrogen-bond donors (Lipinski definition) is 1. The number of aryl methyl sites for hydroxylation is 1. The van der Waals surface area contributed by atoms with E-state index in [4.69, 9.17) is 0 Å².